The third kappa shape index (κ3) is 5.98. The van der Waals surface area contributed by atoms with Crippen molar-refractivity contribution in [1.82, 2.24) is 10.2 Å². The monoisotopic (exact) mass is 290 g/mol. The van der Waals surface area contributed by atoms with Crippen LogP contribution in [0.3, 0.4) is 0 Å². The van der Waals surface area contributed by atoms with Gasteiger partial charge in [0.1, 0.15) is 0 Å². The number of benzene rings is 1. The third-order valence-electron chi connectivity index (χ3n) is 3.42. The summed E-state index contributed by atoms with van der Waals surface area (Å²) in [6, 6.07) is 7.44. The number of nitrogens with zero attached hydrogens (tertiary/aromatic N) is 1. The molecule has 0 aromatic heterocycles. The summed E-state index contributed by atoms with van der Waals surface area (Å²) in [5, 5.41) is 2.81. The molecular formula is C17H26N2O2. The number of hydrogen-bond acceptors (Lipinski definition) is 2. The summed E-state index contributed by atoms with van der Waals surface area (Å²) in [7, 11) is 0. The molecule has 0 atom stereocenters. The zero-order chi connectivity index (χ0) is 15.7. The molecule has 0 aliphatic heterocycles. The predicted molar refractivity (Wildman–Crippen MR) is 85.3 cm³/mol. The van der Waals surface area contributed by atoms with Crippen LogP contribution in [0.4, 0.5) is 0 Å². The van der Waals surface area contributed by atoms with Gasteiger partial charge in [0.15, 0.2) is 0 Å². The van der Waals surface area contributed by atoms with E-state index in [4.69, 9.17) is 0 Å². The van der Waals surface area contributed by atoms with E-state index < -0.39 is 0 Å². The van der Waals surface area contributed by atoms with Crippen molar-refractivity contribution < 1.29 is 9.59 Å². The lowest BCUT2D eigenvalue weighted by molar-refractivity contribution is -0.130. The van der Waals surface area contributed by atoms with Gasteiger partial charge in [0.05, 0.1) is 0 Å². The molecule has 0 heterocycles. The van der Waals surface area contributed by atoms with Gasteiger partial charge in [-0.25, -0.2) is 0 Å². The van der Waals surface area contributed by atoms with Crippen molar-refractivity contribution in [3.8, 4) is 0 Å². The van der Waals surface area contributed by atoms with E-state index in [1.54, 1.807) is 6.07 Å². The zero-order valence-corrected chi connectivity index (χ0v) is 13.3. The normalized spacial score (nSPS) is 10.2. The van der Waals surface area contributed by atoms with Gasteiger partial charge in [-0.1, -0.05) is 31.0 Å². The first kappa shape index (κ1) is 17.2. The SMILES string of the molecule is CCCCN(CC)C(=O)CCNC(=O)c1cccc(C)c1. The van der Waals surface area contributed by atoms with Gasteiger partial charge in [0.25, 0.3) is 5.91 Å². The largest absolute Gasteiger partial charge is 0.352 e. The molecule has 2 amide bonds. The van der Waals surface area contributed by atoms with Crippen LogP contribution in [0.15, 0.2) is 24.3 Å². The van der Waals surface area contributed by atoms with Crippen molar-refractivity contribution >= 4 is 11.8 Å². The van der Waals surface area contributed by atoms with Crippen molar-refractivity contribution in [2.45, 2.75) is 40.0 Å². The Bertz CT molecular complexity index is 472. The number of aryl methyl sites for hydroxylation is 1. The maximum absolute atomic E-state index is 12.0. The maximum atomic E-state index is 12.0. The van der Waals surface area contributed by atoms with Gasteiger partial charge < -0.3 is 10.2 Å². The van der Waals surface area contributed by atoms with E-state index >= 15 is 0 Å². The van der Waals surface area contributed by atoms with Crippen LogP contribution in [0.1, 0.15) is 49.0 Å². The van der Waals surface area contributed by atoms with Crippen LogP contribution >= 0.6 is 0 Å². The minimum Gasteiger partial charge on any atom is -0.352 e. The number of carbonyl (C=O) groups is 2. The van der Waals surface area contributed by atoms with E-state index in [1.165, 1.54) is 0 Å². The summed E-state index contributed by atoms with van der Waals surface area (Å²) in [5.41, 5.74) is 1.69. The summed E-state index contributed by atoms with van der Waals surface area (Å²) < 4.78 is 0. The van der Waals surface area contributed by atoms with E-state index in [2.05, 4.69) is 12.2 Å². The molecule has 4 heteroatoms. The highest BCUT2D eigenvalue weighted by molar-refractivity contribution is 5.94. The Morgan fingerprint density at radius 3 is 2.62 bits per heavy atom. The molecule has 0 bridgehead atoms. The lowest BCUT2D eigenvalue weighted by Gasteiger charge is -2.20. The second-order valence-corrected chi connectivity index (χ2v) is 5.20. The van der Waals surface area contributed by atoms with Crippen molar-refractivity contribution in [2.75, 3.05) is 19.6 Å². The predicted octanol–water partition coefficient (Wildman–Crippen LogP) is 2.76. The minimum atomic E-state index is -0.122. The van der Waals surface area contributed by atoms with E-state index in [0.717, 1.165) is 31.5 Å². The third-order valence-corrected chi connectivity index (χ3v) is 3.42. The van der Waals surface area contributed by atoms with Crippen LogP contribution < -0.4 is 5.32 Å². The molecular weight excluding hydrogens is 264 g/mol. The number of rotatable bonds is 8. The van der Waals surface area contributed by atoms with Crippen LogP contribution in [-0.4, -0.2) is 36.3 Å². The number of carbonyl (C=O) groups excluding carboxylic acids is 2. The molecule has 1 aromatic rings. The molecule has 1 N–H and O–H groups in total. The molecule has 0 fully saturated rings. The molecule has 1 aromatic carbocycles. The Hall–Kier alpha value is -1.84. The second kappa shape index (κ2) is 9.16. The summed E-state index contributed by atoms with van der Waals surface area (Å²) in [5.74, 6) is -0.0152. The zero-order valence-electron chi connectivity index (χ0n) is 13.3. The molecule has 0 spiro atoms. The van der Waals surface area contributed by atoms with Crippen molar-refractivity contribution in [1.29, 1.82) is 0 Å². The Morgan fingerprint density at radius 2 is 2.00 bits per heavy atom. The number of amides is 2. The van der Waals surface area contributed by atoms with Gasteiger partial charge in [0.2, 0.25) is 5.91 Å². The van der Waals surface area contributed by atoms with Gasteiger partial charge in [-0.15, -0.1) is 0 Å². The van der Waals surface area contributed by atoms with Gasteiger partial charge >= 0.3 is 0 Å². The Labute approximate surface area is 127 Å². The van der Waals surface area contributed by atoms with E-state index in [9.17, 15) is 9.59 Å². The first-order valence-electron chi connectivity index (χ1n) is 7.71. The summed E-state index contributed by atoms with van der Waals surface area (Å²) in [4.78, 5) is 25.8. The van der Waals surface area contributed by atoms with Gasteiger partial charge in [-0.3, -0.25) is 9.59 Å². The molecule has 4 nitrogen and oxygen atoms in total. The lowest BCUT2D eigenvalue weighted by Crippen LogP contribution is -2.35. The van der Waals surface area contributed by atoms with Crippen molar-refractivity contribution in [2.24, 2.45) is 0 Å². The molecule has 1 rings (SSSR count). The topological polar surface area (TPSA) is 49.4 Å². The highest BCUT2D eigenvalue weighted by Crippen LogP contribution is 2.04. The molecule has 116 valence electrons. The lowest BCUT2D eigenvalue weighted by atomic mass is 10.1. The summed E-state index contributed by atoms with van der Waals surface area (Å²) in [6.45, 7) is 7.96. The Kier molecular flexibility index (Phi) is 7.51. The van der Waals surface area contributed by atoms with Crippen LogP contribution in [0.5, 0.6) is 0 Å². The molecule has 0 saturated carbocycles. The van der Waals surface area contributed by atoms with Crippen molar-refractivity contribution in [3.05, 3.63) is 35.4 Å². The first-order chi connectivity index (χ1) is 10.1. The maximum Gasteiger partial charge on any atom is 0.251 e. The van der Waals surface area contributed by atoms with E-state index in [-0.39, 0.29) is 11.8 Å². The van der Waals surface area contributed by atoms with E-state index in [1.807, 2.05) is 36.9 Å². The molecule has 0 unspecified atom stereocenters. The second-order valence-electron chi connectivity index (χ2n) is 5.20. The highest BCUT2D eigenvalue weighted by atomic mass is 16.2. The fourth-order valence-corrected chi connectivity index (χ4v) is 2.14. The molecule has 0 radical (unpaired) electrons. The van der Waals surface area contributed by atoms with Crippen LogP contribution in [0.25, 0.3) is 0 Å². The van der Waals surface area contributed by atoms with E-state index in [0.29, 0.717) is 18.5 Å². The Balaban J connectivity index is 2.38. The van der Waals surface area contributed by atoms with Gasteiger partial charge in [0, 0.05) is 31.6 Å². The quantitative estimate of drug-likeness (QED) is 0.800. The van der Waals surface area contributed by atoms with Crippen molar-refractivity contribution in [3.63, 3.8) is 0 Å². The average molecular weight is 290 g/mol. The van der Waals surface area contributed by atoms with Crippen LogP contribution in [0, 0.1) is 6.92 Å². The molecule has 0 aliphatic carbocycles. The average Bonchev–Trinajstić information content (AvgIpc) is 2.48. The summed E-state index contributed by atoms with van der Waals surface area (Å²) in [6.07, 6.45) is 2.46. The summed E-state index contributed by atoms with van der Waals surface area (Å²) >= 11 is 0. The first-order valence-corrected chi connectivity index (χ1v) is 7.71. The number of nitrogens with one attached hydrogen (secondary N) is 1. The minimum absolute atomic E-state index is 0.107. The standard InChI is InChI=1S/C17H26N2O2/c1-4-6-12-19(5-2)16(20)10-11-18-17(21)15-9-7-8-14(3)13-15/h7-9,13H,4-6,10-12H2,1-3H3,(H,18,21). The van der Waals surface area contributed by atoms with Crippen LogP contribution in [0.2, 0.25) is 0 Å². The van der Waals surface area contributed by atoms with Gasteiger partial charge in [-0.05, 0) is 32.4 Å². The van der Waals surface area contributed by atoms with Crippen LogP contribution in [-0.2, 0) is 4.79 Å². The molecule has 0 aliphatic rings. The fraction of sp³-hybridized carbons (Fsp3) is 0.529. The number of hydrogen-bond donors (Lipinski definition) is 1. The number of unbranched alkanes of at least 4 members (excludes halogenated alkanes) is 1. The fourth-order valence-electron chi connectivity index (χ4n) is 2.14. The van der Waals surface area contributed by atoms with Gasteiger partial charge in [-0.2, -0.15) is 0 Å². The molecule has 21 heavy (non-hydrogen) atoms. The smallest absolute Gasteiger partial charge is 0.251 e. The Morgan fingerprint density at radius 1 is 1.24 bits per heavy atom. The highest BCUT2D eigenvalue weighted by Gasteiger charge is 2.11. The molecule has 0 saturated heterocycles.